The highest BCUT2D eigenvalue weighted by atomic mass is 16.5. The van der Waals surface area contributed by atoms with E-state index in [1.54, 1.807) is 7.11 Å². The second-order valence-corrected chi connectivity index (χ2v) is 4.07. The molecule has 0 radical (unpaired) electrons. The van der Waals surface area contributed by atoms with E-state index in [2.05, 4.69) is 30.9 Å². The molecule has 0 bridgehead atoms. The lowest BCUT2D eigenvalue weighted by Gasteiger charge is -2.19. The summed E-state index contributed by atoms with van der Waals surface area (Å²) >= 11 is 0. The molecule has 4 heteroatoms. The van der Waals surface area contributed by atoms with E-state index < -0.39 is 0 Å². The van der Waals surface area contributed by atoms with Crippen LogP contribution in [0.2, 0.25) is 0 Å². The highest BCUT2D eigenvalue weighted by Gasteiger charge is 1.98. The van der Waals surface area contributed by atoms with Gasteiger partial charge in [0.25, 0.3) is 0 Å². The Hall–Kier alpha value is -0.160. The van der Waals surface area contributed by atoms with Gasteiger partial charge >= 0.3 is 0 Å². The molecule has 0 aromatic carbocycles. The summed E-state index contributed by atoms with van der Waals surface area (Å²) in [5, 5.41) is 0. The third-order valence-electron chi connectivity index (χ3n) is 2.18. The summed E-state index contributed by atoms with van der Waals surface area (Å²) in [6.07, 6.45) is 0.984. The number of methoxy groups -OCH3 is 1. The van der Waals surface area contributed by atoms with Gasteiger partial charge in [-0.05, 0) is 27.6 Å². The van der Waals surface area contributed by atoms with E-state index in [1.807, 2.05) is 0 Å². The smallest absolute Gasteiger partial charge is 0.0593 e. The number of likely N-dealkylation sites (N-methyl/N-ethyl adjacent to an activating group) is 2. The molecule has 0 aliphatic heterocycles. The summed E-state index contributed by atoms with van der Waals surface area (Å²) in [5.41, 5.74) is 0. The van der Waals surface area contributed by atoms with E-state index >= 15 is 0 Å². The maximum Gasteiger partial charge on any atom is 0.0593 e. The van der Waals surface area contributed by atoms with Crippen molar-refractivity contribution >= 4 is 0 Å². The Labute approximate surface area is 94.1 Å². The minimum Gasteiger partial charge on any atom is -0.385 e. The van der Waals surface area contributed by atoms with E-state index in [9.17, 15) is 0 Å². The van der Waals surface area contributed by atoms with Crippen molar-refractivity contribution in [3.8, 4) is 0 Å². The first-order chi connectivity index (χ1) is 7.16. The van der Waals surface area contributed by atoms with Gasteiger partial charge in [-0.15, -0.1) is 0 Å². The molecule has 0 amide bonds. The lowest BCUT2D eigenvalue weighted by atomic mass is 10.5. The van der Waals surface area contributed by atoms with Crippen LogP contribution in [0.3, 0.4) is 0 Å². The van der Waals surface area contributed by atoms with Crippen LogP contribution in [0.1, 0.15) is 6.42 Å². The molecule has 0 N–H and O–H groups in total. The van der Waals surface area contributed by atoms with Gasteiger partial charge in [0.2, 0.25) is 0 Å². The van der Waals surface area contributed by atoms with Gasteiger partial charge in [-0.1, -0.05) is 0 Å². The van der Waals surface area contributed by atoms with Gasteiger partial charge in [0.1, 0.15) is 0 Å². The van der Waals surface area contributed by atoms with Gasteiger partial charge in [-0.25, -0.2) is 0 Å². The van der Waals surface area contributed by atoms with Gasteiger partial charge in [0, 0.05) is 40.0 Å². The van der Waals surface area contributed by atoms with Gasteiger partial charge in [0.05, 0.1) is 6.61 Å². The number of hydrogen-bond acceptors (Lipinski definition) is 4. The van der Waals surface area contributed by atoms with Crippen molar-refractivity contribution in [1.82, 2.24) is 9.80 Å². The molecule has 0 spiro atoms. The lowest BCUT2D eigenvalue weighted by Crippen LogP contribution is -2.31. The third-order valence-corrected chi connectivity index (χ3v) is 2.18. The Balaban J connectivity index is 3.13. The highest BCUT2D eigenvalue weighted by Crippen LogP contribution is 1.87. The SMILES string of the molecule is COCCCOCCN(C)CCN(C)C. The summed E-state index contributed by atoms with van der Waals surface area (Å²) < 4.78 is 10.4. The molecule has 0 aliphatic rings. The normalized spacial score (nSPS) is 11.6. The predicted octanol–water partition coefficient (Wildman–Crippen LogP) is 0.533. The van der Waals surface area contributed by atoms with Crippen LogP contribution < -0.4 is 0 Å². The fourth-order valence-corrected chi connectivity index (χ4v) is 1.11. The van der Waals surface area contributed by atoms with Gasteiger partial charge in [-0.2, -0.15) is 0 Å². The third kappa shape index (κ3) is 11.8. The minimum absolute atomic E-state index is 0.788. The fraction of sp³-hybridized carbons (Fsp3) is 1.00. The molecular formula is C11H26N2O2. The maximum atomic E-state index is 5.48. The van der Waals surface area contributed by atoms with E-state index in [0.717, 1.165) is 45.9 Å². The first kappa shape index (κ1) is 14.8. The monoisotopic (exact) mass is 218 g/mol. The topological polar surface area (TPSA) is 24.9 Å². The summed E-state index contributed by atoms with van der Waals surface area (Å²) in [5.74, 6) is 0. The molecule has 0 unspecified atom stereocenters. The molecule has 0 rings (SSSR count). The van der Waals surface area contributed by atoms with Gasteiger partial charge < -0.3 is 19.3 Å². The summed E-state index contributed by atoms with van der Waals surface area (Å²) in [6.45, 7) is 5.59. The van der Waals surface area contributed by atoms with Crippen molar-refractivity contribution in [2.45, 2.75) is 6.42 Å². The molecule has 0 atom stereocenters. The molecule has 0 aliphatic carbocycles. The van der Waals surface area contributed by atoms with Crippen molar-refractivity contribution in [1.29, 1.82) is 0 Å². The number of hydrogen-bond donors (Lipinski definition) is 0. The van der Waals surface area contributed by atoms with Crippen LogP contribution in [0, 0.1) is 0 Å². The van der Waals surface area contributed by atoms with Gasteiger partial charge in [0.15, 0.2) is 0 Å². The summed E-state index contributed by atoms with van der Waals surface area (Å²) in [6, 6.07) is 0. The summed E-state index contributed by atoms with van der Waals surface area (Å²) in [7, 11) is 8.03. The Morgan fingerprint density at radius 2 is 1.60 bits per heavy atom. The zero-order chi connectivity index (χ0) is 11.5. The second kappa shape index (κ2) is 10.4. The van der Waals surface area contributed by atoms with Crippen molar-refractivity contribution in [2.75, 3.05) is 67.7 Å². The molecule has 0 aromatic heterocycles. The average molecular weight is 218 g/mol. The van der Waals surface area contributed by atoms with Crippen molar-refractivity contribution in [2.24, 2.45) is 0 Å². The van der Waals surface area contributed by atoms with E-state index in [-0.39, 0.29) is 0 Å². The molecule has 0 saturated carbocycles. The zero-order valence-electron chi connectivity index (χ0n) is 10.7. The molecule has 4 nitrogen and oxygen atoms in total. The van der Waals surface area contributed by atoms with Crippen LogP contribution in [-0.2, 0) is 9.47 Å². The van der Waals surface area contributed by atoms with Crippen molar-refractivity contribution in [3.05, 3.63) is 0 Å². The van der Waals surface area contributed by atoms with Crippen LogP contribution in [-0.4, -0.2) is 77.5 Å². The quantitative estimate of drug-likeness (QED) is 0.500. The Morgan fingerprint density at radius 3 is 2.20 bits per heavy atom. The van der Waals surface area contributed by atoms with Gasteiger partial charge in [-0.3, -0.25) is 0 Å². The Kier molecular flexibility index (Phi) is 10.3. The average Bonchev–Trinajstić information content (AvgIpc) is 2.20. The first-order valence-electron chi connectivity index (χ1n) is 5.56. The maximum absolute atomic E-state index is 5.48. The molecule has 92 valence electrons. The second-order valence-electron chi connectivity index (χ2n) is 4.07. The first-order valence-corrected chi connectivity index (χ1v) is 5.56. The van der Waals surface area contributed by atoms with E-state index in [1.165, 1.54) is 0 Å². The molecular weight excluding hydrogens is 192 g/mol. The summed E-state index contributed by atoms with van der Waals surface area (Å²) in [4.78, 5) is 4.48. The van der Waals surface area contributed by atoms with Crippen molar-refractivity contribution in [3.63, 3.8) is 0 Å². The highest BCUT2D eigenvalue weighted by molar-refractivity contribution is 4.53. The number of ether oxygens (including phenoxy) is 2. The largest absolute Gasteiger partial charge is 0.385 e. The van der Waals surface area contributed by atoms with Crippen LogP contribution in [0.5, 0.6) is 0 Å². The lowest BCUT2D eigenvalue weighted by molar-refractivity contribution is 0.0876. The molecule has 0 fully saturated rings. The molecule has 0 saturated heterocycles. The van der Waals surface area contributed by atoms with Crippen LogP contribution in [0.4, 0.5) is 0 Å². The van der Waals surface area contributed by atoms with Crippen LogP contribution in [0.25, 0.3) is 0 Å². The fourth-order valence-electron chi connectivity index (χ4n) is 1.11. The molecule has 15 heavy (non-hydrogen) atoms. The standard InChI is InChI=1S/C11H26N2O2/c1-12(2)6-7-13(3)8-11-15-10-5-9-14-4/h5-11H2,1-4H3. The molecule has 0 aromatic rings. The van der Waals surface area contributed by atoms with Crippen LogP contribution >= 0.6 is 0 Å². The van der Waals surface area contributed by atoms with Crippen LogP contribution in [0.15, 0.2) is 0 Å². The Bertz CT molecular complexity index is 132. The van der Waals surface area contributed by atoms with Crippen molar-refractivity contribution < 1.29 is 9.47 Å². The predicted molar refractivity (Wildman–Crippen MR) is 63.4 cm³/mol. The minimum atomic E-state index is 0.788. The van der Waals surface area contributed by atoms with E-state index in [0.29, 0.717) is 0 Å². The number of nitrogens with zero attached hydrogens (tertiary/aromatic N) is 2. The Morgan fingerprint density at radius 1 is 0.867 bits per heavy atom. The molecule has 0 heterocycles. The zero-order valence-corrected chi connectivity index (χ0v) is 10.7. The number of rotatable bonds is 10. The van der Waals surface area contributed by atoms with E-state index in [4.69, 9.17) is 9.47 Å².